The maximum Gasteiger partial charge on any atom is 0.123 e. The number of aryl methyl sites for hydroxylation is 1. The van der Waals surface area contributed by atoms with E-state index < -0.39 is 0 Å². The summed E-state index contributed by atoms with van der Waals surface area (Å²) in [5, 5.41) is 16.9. The van der Waals surface area contributed by atoms with Crippen LogP contribution in [0.5, 0.6) is 5.75 Å². The molecular formula is C14H16FN3O2. The summed E-state index contributed by atoms with van der Waals surface area (Å²) in [5.74, 6) is 0.511. The van der Waals surface area contributed by atoms with Gasteiger partial charge in [0.25, 0.3) is 0 Å². The summed E-state index contributed by atoms with van der Waals surface area (Å²) >= 11 is 0. The maximum atomic E-state index is 13.1. The molecule has 1 atom stereocenters. The third-order valence-corrected chi connectivity index (χ3v) is 3.33. The number of nitrogens with zero attached hydrogens (tertiary/aromatic N) is 3. The molecule has 0 saturated carbocycles. The lowest BCUT2D eigenvalue weighted by atomic mass is 10.1. The Labute approximate surface area is 116 Å². The molecule has 0 bridgehead atoms. The molecule has 1 aromatic heterocycles. The van der Waals surface area contributed by atoms with Crippen LogP contribution in [0.1, 0.15) is 17.7 Å². The number of aliphatic hydroxyl groups is 1. The van der Waals surface area contributed by atoms with Gasteiger partial charge >= 0.3 is 0 Å². The van der Waals surface area contributed by atoms with Crippen molar-refractivity contribution in [3.05, 3.63) is 41.5 Å². The topological polar surface area (TPSA) is 60.2 Å². The summed E-state index contributed by atoms with van der Waals surface area (Å²) in [6.07, 6.45) is 3.90. The molecule has 5 nitrogen and oxygen atoms in total. The first kappa shape index (κ1) is 13.1. The largest absolute Gasteiger partial charge is 0.488 e. The second-order valence-electron chi connectivity index (χ2n) is 4.96. The van der Waals surface area contributed by atoms with Gasteiger partial charge in [0, 0.05) is 24.8 Å². The maximum absolute atomic E-state index is 13.1. The van der Waals surface area contributed by atoms with Crippen molar-refractivity contribution in [3.63, 3.8) is 0 Å². The highest BCUT2D eigenvalue weighted by atomic mass is 19.1. The number of hydrogen-bond acceptors (Lipinski definition) is 4. The van der Waals surface area contributed by atoms with Crippen LogP contribution in [0, 0.1) is 5.82 Å². The fraction of sp³-hybridized carbons (Fsp3) is 0.429. The number of fused-ring (bicyclic) bond motifs is 1. The van der Waals surface area contributed by atoms with Gasteiger partial charge in [0.15, 0.2) is 0 Å². The molecule has 0 saturated heterocycles. The van der Waals surface area contributed by atoms with Gasteiger partial charge in [-0.2, -0.15) is 0 Å². The number of aromatic nitrogens is 3. The molecule has 0 fully saturated rings. The molecule has 0 amide bonds. The summed E-state index contributed by atoms with van der Waals surface area (Å²) in [4.78, 5) is 0. The van der Waals surface area contributed by atoms with Gasteiger partial charge in [0.05, 0.1) is 12.2 Å². The van der Waals surface area contributed by atoms with E-state index in [0.29, 0.717) is 25.8 Å². The zero-order valence-electron chi connectivity index (χ0n) is 11.0. The number of halogens is 1. The summed E-state index contributed by atoms with van der Waals surface area (Å²) in [5.41, 5.74) is 1.76. The average molecular weight is 277 g/mol. The van der Waals surface area contributed by atoms with Crippen LogP contribution in [0.2, 0.25) is 0 Å². The summed E-state index contributed by atoms with van der Waals surface area (Å²) in [6, 6.07) is 4.59. The standard InChI is InChI=1S/C14H16FN3O2/c15-11-3-4-14-10(6-11)7-13(20-14)9-18-8-12(16-17-18)2-1-5-19/h3-4,6,8,13,19H,1-2,5,7,9H2. The highest BCUT2D eigenvalue weighted by Crippen LogP contribution is 2.29. The number of aliphatic hydroxyl groups excluding tert-OH is 1. The van der Waals surface area contributed by atoms with Gasteiger partial charge in [0.1, 0.15) is 17.7 Å². The quantitative estimate of drug-likeness (QED) is 0.896. The Morgan fingerprint density at radius 1 is 1.45 bits per heavy atom. The van der Waals surface area contributed by atoms with E-state index in [1.165, 1.54) is 12.1 Å². The Hall–Kier alpha value is -1.95. The molecule has 6 heteroatoms. The van der Waals surface area contributed by atoms with Crippen LogP contribution in [0.15, 0.2) is 24.4 Å². The van der Waals surface area contributed by atoms with Gasteiger partial charge in [-0.25, -0.2) is 9.07 Å². The van der Waals surface area contributed by atoms with Gasteiger partial charge in [-0.05, 0) is 31.0 Å². The van der Waals surface area contributed by atoms with Crippen LogP contribution in [0.4, 0.5) is 4.39 Å². The highest BCUT2D eigenvalue weighted by Gasteiger charge is 2.24. The number of benzene rings is 1. The lowest BCUT2D eigenvalue weighted by Crippen LogP contribution is -2.21. The van der Waals surface area contributed by atoms with E-state index in [9.17, 15) is 4.39 Å². The van der Waals surface area contributed by atoms with Gasteiger partial charge < -0.3 is 9.84 Å². The molecule has 2 heterocycles. The third kappa shape index (κ3) is 2.80. The van der Waals surface area contributed by atoms with E-state index in [2.05, 4.69) is 10.3 Å². The SMILES string of the molecule is OCCCc1cn(CC2Cc3cc(F)ccc3O2)nn1. The predicted octanol–water partition coefficient (Wildman–Crippen LogP) is 1.35. The fourth-order valence-corrected chi connectivity index (χ4v) is 2.40. The highest BCUT2D eigenvalue weighted by molar-refractivity contribution is 5.37. The lowest BCUT2D eigenvalue weighted by molar-refractivity contribution is 0.202. The van der Waals surface area contributed by atoms with Crippen LogP contribution >= 0.6 is 0 Å². The van der Waals surface area contributed by atoms with Crippen molar-refractivity contribution in [1.29, 1.82) is 0 Å². The summed E-state index contributed by atoms with van der Waals surface area (Å²) < 4.78 is 20.6. The van der Waals surface area contributed by atoms with Crippen LogP contribution in [-0.4, -0.2) is 32.8 Å². The van der Waals surface area contributed by atoms with Crippen molar-refractivity contribution < 1.29 is 14.2 Å². The van der Waals surface area contributed by atoms with Crippen molar-refractivity contribution in [2.24, 2.45) is 0 Å². The molecule has 1 aliphatic rings. The smallest absolute Gasteiger partial charge is 0.123 e. The van der Waals surface area contributed by atoms with E-state index in [-0.39, 0.29) is 18.5 Å². The minimum atomic E-state index is -0.236. The molecule has 2 aromatic rings. The van der Waals surface area contributed by atoms with Gasteiger partial charge in [-0.1, -0.05) is 5.21 Å². The molecule has 3 rings (SSSR count). The summed E-state index contributed by atoms with van der Waals surface area (Å²) in [7, 11) is 0. The van der Waals surface area contributed by atoms with Crippen LogP contribution in [0.3, 0.4) is 0 Å². The Morgan fingerprint density at radius 3 is 3.20 bits per heavy atom. The third-order valence-electron chi connectivity index (χ3n) is 3.33. The van der Waals surface area contributed by atoms with Gasteiger partial charge in [0.2, 0.25) is 0 Å². The normalized spacial score (nSPS) is 17.0. The van der Waals surface area contributed by atoms with Crippen LogP contribution in [-0.2, 0) is 19.4 Å². The second-order valence-corrected chi connectivity index (χ2v) is 4.96. The number of ether oxygens (including phenoxy) is 1. The molecule has 1 aliphatic heterocycles. The second kappa shape index (κ2) is 5.58. The first-order valence-electron chi connectivity index (χ1n) is 6.69. The van der Waals surface area contributed by atoms with Crippen LogP contribution < -0.4 is 4.74 Å². The molecule has 20 heavy (non-hydrogen) atoms. The van der Waals surface area contributed by atoms with Crippen molar-refractivity contribution in [1.82, 2.24) is 15.0 Å². The monoisotopic (exact) mass is 277 g/mol. The average Bonchev–Trinajstić information content (AvgIpc) is 3.02. The molecule has 1 unspecified atom stereocenters. The molecule has 0 spiro atoms. The van der Waals surface area contributed by atoms with E-state index in [0.717, 1.165) is 17.0 Å². The molecule has 106 valence electrons. The fourth-order valence-electron chi connectivity index (χ4n) is 2.40. The Balaban J connectivity index is 1.61. The van der Waals surface area contributed by atoms with E-state index >= 15 is 0 Å². The summed E-state index contributed by atoms with van der Waals surface area (Å²) in [6.45, 7) is 0.738. The minimum Gasteiger partial charge on any atom is -0.488 e. The first-order chi connectivity index (χ1) is 9.74. The first-order valence-corrected chi connectivity index (χ1v) is 6.69. The Bertz CT molecular complexity index is 600. The van der Waals surface area contributed by atoms with Crippen molar-refractivity contribution >= 4 is 0 Å². The molecular weight excluding hydrogens is 261 g/mol. The number of hydrogen-bond donors (Lipinski definition) is 1. The van der Waals surface area contributed by atoms with E-state index in [1.807, 2.05) is 6.20 Å². The molecule has 1 aromatic carbocycles. The Kier molecular flexibility index (Phi) is 3.64. The zero-order valence-corrected chi connectivity index (χ0v) is 11.0. The van der Waals surface area contributed by atoms with Crippen molar-refractivity contribution in [3.8, 4) is 5.75 Å². The van der Waals surface area contributed by atoms with Crippen molar-refractivity contribution in [2.75, 3.05) is 6.61 Å². The van der Waals surface area contributed by atoms with Gasteiger partial charge in [-0.15, -0.1) is 5.10 Å². The minimum absolute atomic E-state index is 0.0424. The van der Waals surface area contributed by atoms with E-state index in [1.54, 1.807) is 10.7 Å². The Morgan fingerprint density at radius 2 is 2.35 bits per heavy atom. The predicted molar refractivity (Wildman–Crippen MR) is 69.9 cm³/mol. The van der Waals surface area contributed by atoms with E-state index in [4.69, 9.17) is 9.84 Å². The van der Waals surface area contributed by atoms with Crippen molar-refractivity contribution in [2.45, 2.75) is 31.9 Å². The zero-order chi connectivity index (χ0) is 13.9. The number of rotatable bonds is 5. The molecule has 1 N–H and O–H groups in total. The molecule has 0 radical (unpaired) electrons. The lowest BCUT2D eigenvalue weighted by Gasteiger charge is -2.09. The molecule has 0 aliphatic carbocycles. The van der Waals surface area contributed by atoms with Gasteiger partial charge in [-0.3, -0.25) is 0 Å². The van der Waals surface area contributed by atoms with Crippen LogP contribution in [0.25, 0.3) is 0 Å².